The lowest BCUT2D eigenvalue weighted by Gasteiger charge is -2.32. The predicted octanol–water partition coefficient (Wildman–Crippen LogP) is 7.61. The zero-order valence-corrected chi connectivity index (χ0v) is 16.7. The lowest BCUT2D eigenvalue weighted by atomic mass is 9.71. The third kappa shape index (κ3) is 3.76. The van der Waals surface area contributed by atoms with Crippen LogP contribution >= 0.6 is 0 Å². The lowest BCUT2D eigenvalue weighted by molar-refractivity contribution is 0.453. The minimum Gasteiger partial charge on any atom is -0.0991 e. The maximum absolute atomic E-state index is 3.81. The molecule has 0 unspecified atom stereocenters. The summed E-state index contributed by atoms with van der Waals surface area (Å²) in [6.45, 7) is 12.0. The molecule has 0 saturated carbocycles. The van der Waals surface area contributed by atoms with Gasteiger partial charge >= 0.3 is 0 Å². The highest BCUT2D eigenvalue weighted by atomic mass is 14.4. The Balaban J connectivity index is 2.13. The van der Waals surface area contributed by atoms with Gasteiger partial charge in [-0.3, -0.25) is 0 Å². The van der Waals surface area contributed by atoms with Gasteiger partial charge in [0.25, 0.3) is 0 Å². The Kier molecular flexibility index (Phi) is 5.96. The van der Waals surface area contributed by atoms with E-state index in [2.05, 4.69) is 87.7 Å². The van der Waals surface area contributed by atoms with Crippen molar-refractivity contribution < 1.29 is 0 Å². The van der Waals surface area contributed by atoms with Gasteiger partial charge in [-0.25, -0.2) is 0 Å². The first-order chi connectivity index (χ1) is 13.1. The monoisotopic (exact) mass is 354 g/mol. The van der Waals surface area contributed by atoms with Gasteiger partial charge < -0.3 is 0 Å². The van der Waals surface area contributed by atoms with Gasteiger partial charge in [0.05, 0.1) is 0 Å². The van der Waals surface area contributed by atoms with Gasteiger partial charge in [-0.2, -0.15) is 0 Å². The molecule has 0 atom stereocenters. The van der Waals surface area contributed by atoms with Gasteiger partial charge in [0.2, 0.25) is 0 Å². The molecular weight excluding hydrogens is 324 g/mol. The number of hydrogen-bond acceptors (Lipinski definition) is 0. The summed E-state index contributed by atoms with van der Waals surface area (Å²) in [6.07, 6.45) is 16.7. The number of aryl methyl sites for hydroxylation is 2. The van der Waals surface area contributed by atoms with E-state index in [0.29, 0.717) is 0 Å². The van der Waals surface area contributed by atoms with Crippen molar-refractivity contribution >= 4 is 0 Å². The molecule has 0 amide bonds. The highest BCUT2D eigenvalue weighted by Gasteiger charge is 2.41. The maximum atomic E-state index is 3.81. The molecule has 0 spiro atoms. The summed E-state index contributed by atoms with van der Waals surface area (Å²) in [5, 5.41) is 0. The molecule has 1 aliphatic carbocycles. The summed E-state index contributed by atoms with van der Waals surface area (Å²) < 4.78 is 0. The Morgan fingerprint density at radius 3 is 1.59 bits per heavy atom. The molecule has 3 rings (SSSR count). The highest BCUT2D eigenvalue weighted by molar-refractivity contribution is 5.81. The zero-order chi connectivity index (χ0) is 19.3. The molecule has 0 radical (unpaired) electrons. The van der Waals surface area contributed by atoms with Crippen molar-refractivity contribution in [1.82, 2.24) is 0 Å². The fourth-order valence-electron chi connectivity index (χ4n) is 4.43. The van der Waals surface area contributed by atoms with Crippen LogP contribution < -0.4 is 0 Å². The third-order valence-corrected chi connectivity index (χ3v) is 5.69. The Labute approximate surface area is 164 Å². The van der Waals surface area contributed by atoms with Gasteiger partial charge in [-0.15, -0.1) is 0 Å². The molecule has 0 aliphatic heterocycles. The standard InChI is InChI=1S/C27H30/c1-5-7-9-11-17-27(18-12-10-8-6-2)25-19-21(3)13-15-23(25)24-16-14-22(4)20-26(24)27/h5-10,13-16,19-20H,1-2,11-12,17-18H2,3-4H3/b9-7+,10-8+. The molecule has 0 fully saturated rings. The third-order valence-electron chi connectivity index (χ3n) is 5.69. The molecule has 0 bridgehead atoms. The van der Waals surface area contributed by atoms with E-state index in [1.165, 1.54) is 33.4 Å². The highest BCUT2D eigenvalue weighted by Crippen LogP contribution is 2.54. The molecule has 138 valence electrons. The van der Waals surface area contributed by atoms with Crippen molar-refractivity contribution in [3.05, 3.63) is 108 Å². The Morgan fingerprint density at radius 2 is 1.19 bits per heavy atom. The van der Waals surface area contributed by atoms with E-state index in [0.717, 1.165) is 25.7 Å². The molecule has 27 heavy (non-hydrogen) atoms. The lowest BCUT2D eigenvalue weighted by Crippen LogP contribution is -2.25. The molecule has 2 aromatic carbocycles. The van der Waals surface area contributed by atoms with Gasteiger partial charge in [-0.1, -0.05) is 97.1 Å². The number of rotatable bonds is 8. The van der Waals surface area contributed by atoms with E-state index in [9.17, 15) is 0 Å². The first-order valence-electron chi connectivity index (χ1n) is 9.90. The fraction of sp³-hybridized carbons (Fsp3) is 0.259. The molecule has 0 nitrogen and oxygen atoms in total. The topological polar surface area (TPSA) is 0 Å². The van der Waals surface area contributed by atoms with E-state index in [-0.39, 0.29) is 5.41 Å². The maximum Gasteiger partial charge on any atom is 0.0221 e. The van der Waals surface area contributed by atoms with Crippen LogP contribution in [0.5, 0.6) is 0 Å². The second-order valence-corrected chi connectivity index (χ2v) is 7.59. The van der Waals surface area contributed by atoms with E-state index in [1.807, 2.05) is 12.2 Å². The fourth-order valence-corrected chi connectivity index (χ4v) is 4.43. The van der Waals surface area contributed by atoms with Crippen LogP contribution in [0.2, 0.25) is 0 Å². The van der Waals surface area contributed by atoms with E-state index in [1.54, 1.807) is 0 Å². The number of fused-ring (bicyclic) bond motifs is 3. The Bertz CT molecular complexity index is 817. The summed E-state index contributed by atoms with van der Waals surface area (Å²) in [7, 11) is 0. The summed E-state index contributed by atoms with van der Waals surface area (Å²) in [5.41, 5.74) is 8.58. The van der Waals surface area contributed by atoms with Gasteiger partial charge in [0.15, 0.2) is 0 Å². The van der Waals surface area contributed by atoms with Crippen LogP contribution in [0.15, 0.2) is 86.0 Å². The number of allylic oxidation sites excluding steroid dienone is 6. The largest absolute Gasteiger partial charge is 0.0991 e. The van der Waals surface area contributed by atoms with Gasteiger partial charge in [-0.05, 0) is 61.8 Å². The predicted molar refractivity (Wildman–Crippen MR) is 119 cm³/mol. The van der Waals surface area contributed by atoms with Crippen molar-refractivity contribution in [2.45, 2.75) is 44.9 Å². The molecule has 1 aliphatic rings. The number of benzene rings is 2. The summed E-state index contributed by atoms with van der Waals surface area (Å²) in [5.74, 6) is 0. The van der Waals surface area contributed by atoms with Gasteiger partial charge in [0.1, 0.15) is 0 Å². The average molecular weight is 355 g/mol. The van der Waals surface area contributed by atoms with Crippen molar-refractivity contribution in [3.63, 3.8) is 0 Å². The zero-order valence-electron chi connectivity index (χ0n) is 16.7. The molecular formula is C27H30. The molecule has 2 aromatic rings. The summed E-state index contributed by atoms with van der Waals surface area (Å²) >= 11 is 0. The molecule has 0 N–H and O–H groups in total. The second kappa shape index (κ2) is 8.39. The van der Waals surface area contributed by atoms with Crippen LogP contribution in [0.1, 0.15) is 47.9 Å². The van der Waals surface area contributed by atoms with Crippen LogP contribution in [-0.4, -0.2) is 0 Å². The van der Waals surface area contributed by atoms with Crippen LogP contribution in [0.25, 0.3) is 11.1 Å². The van der Waals surface area contributed by atoms with Crippen molar-refractivity contribution in [2.75, 3.05) is 0 Å². The van der Waals surface area contributed by atoms with Gasteiger partial charge in [0, 0.05) is 5.41 Å². The first-order valence-corrected chi connectivity index (χ1v) is 9.90. The summed E-state index contributed by atoms with van der Waals surface area (Å²) in [4.78, 5) is 0. The van der Waals surface area contributed by atoms with Crippen LogP contribution in [0, 0.1) is 13.8 Å². The number of hydrogen-bond donors (Lipinski definition) is 0. The summed E-state index contributed by atoms with van der Waals surface area (Å²) in [6, 6.07) is 14.0. The first kappa shape index (κ1) is 19.2. The average Bonchev–Trinajstić information content (AvgIpc) is 2.92. The van der Waals surface area contributed by atoms with Crippen molar-refractivity contribution in [1.29, 1.82) is 0 Å². The normalized spacial score (nSPS) is 14.4. The Hall–Kier alpha value is -2.60. The van der Waals surface area contributed by atoms with Crippen LogP contribution in [0.4, 0.5) is 0 Å². The molecule has 0 heteroatoms. The minimum atomic E-state index is 0.0692. The second-order valence-electron chi connectivity index (χ2n) is 7.59. The Morgan fingerprint density at radius 1 is 0.741 bits per heavy atom. The minimum absolute atomic E-state index is 0.0692. The molecule has 0 saturated heterocycles. The molecule has 0 heterocycles. The van der Waals surface area contributed by atoms with E-state index in [4.69, 9.17) is 0 Å². The van der Waals surface area contributed by atoms with E-state index < -0.39 is 0 Å². The SMILES string of the molecule is C=C/C=C/CCC1(CC/C=C/C=C)c2cc(C)ccc2-c2ccc(C)cc21. The van der Waals surface area contributed by atoms with E-state index >= 15 is 0 Å². The van der Waals surface area contributed by atoms with Crippen LogP contribution in [0.3, 0.4) is 0 Å². The van der Waals surface area contributed by atoms with Crippen molar-refractivity contribution in [2.24, 2.45) is 0 Å². The quantitative estimate of drug-likeness (QED) is 0.428. The van der Waals surface area contributed by atoms with Crippen molar-refractivity contribution in [3.8, 4) is 11.1 Å². The molecule has 0 aromatic heterocycles. The smallest absolute Gasteiger partial charge is 0.0221 e. The van der Waals surface area contributed by atoms with Crippen LogP contribution in [-0.2, 0) is 5.41 Å².